The lowest BCUT2D eigenvalue weighted by Gasteiger charge is -2.06. The predicted octanol–water partition coefficient (Wildman–Crippen LogP) is 5.82. The van der Waals surface area contributed by atoms with Crippen molar-refractivity contribution in [3.05, 3.63) is 109 Å². The third-order valence-corrected chi connectivity index (χ3v) is 5.80. The van der Waals surface area contributed by atoms with Gasteiger partial charge >= 0.3 is 6.03 Å². The largest absolute Gasteiger partial charge is 0.360 e. The molecule has 5 heteroatoms. The maximum absolute atomic E-state index is 13.5. The van der Waals surface area contributed by atoms with Crippen molar-refractivity contribution in [3.63, 3.8) is 0 Å². The second-order valence-corrected chi connectivity index (χ2v) is 7.53. The van der Waals surface area contributed by atoms with Crippen molar-refractivity contribution < 1.29 is 9.59 Å². The Morgan fingerprint density at radius 2 is 1.39 bits per heavy atom. The van der Waals surface area contributed by atoms with Crippen molar-refractivity contribution in [3.8, 4) is 0 Å². The van der Waals surface area contributed by atoms with E-state index in [2.05, 4.69) is 4.98 Å². The summed E-state index contributed by atoms with van der Waals surface area (Å²) in [5.74, 6) is -0.113. The van der Waals surface area contributed by atoms with Crippen molar-refractivity contribution in [2.45, 2.75) is 0 Å². The number of fused-ring (bicyclic) bond motifs is 3. The first-order chi connectivity index (χ1) is 15.2. The summed E-state index contributed by atoms with van der Waals surface area (Å²) < 4.78 is 3.17. The van der Waals surface area contributed by atoms with Gasteiger partial charge in [-0.05, 0) is 24.3 Å². The minimum absolute atomic E-state index is 0.113. The molecular formula is C26H17N3O2. The molecule has 0 atom stereocenters. The number of nitrogens with one attached hydrogen (secondary N) is 1. The van der Waals surface area contributed by atoms with Gasteiger partial charge in [0.05, 0.1) is 11.0 Å². The fourth-order valence-electron chi connectivity index (χ4n) is 4.29. The van der Waals surface area contributed by atoms with Crippen molar-refractivity contribution in [1.82, 2.24) is 14.1 Å². The van der Waals surface area contributed by atoms with Gasteiger partial charge in [-0.25, -0.2) is 4.79 Å². The summed E-state index contributed by atoms with van der Waals surface area (Å²) in [7, 11) is 0. The Morgan fingerprint density at radius 3 is 2.26 bits per heavy atom. The standard InChI is InChI=1S/C26H17N3O2/c30-25(20-15-27-22-10-4-2-8-18(20)22)21-16-29(24-12-6-3-9-19(21)24)26(31)28-14-13-17-7-1-5-11-23(17)28/h1-16,27H. The second-order valence-electron chi connectivity index (χ2n) is 7.53. The molecule has 0 fully saturated rings. The number of aromatic amines is 1. The van der Waals surface area contributed by atoms with E-state index in [9.17, 15) is 9.59 Å². The van der Waals surface area contributed by atoms with Crippen LogP contribution in [-0.2, 0) is 0 Å². The van der Waals surface area contributed by atoms with Gasteiger partial charge < -0.3 is 4.98 Å². The van der Waals surface area contributed by atoms with Crippen molar-refractivity contribution in [2.24, 2.45) is 0 Å². The topological polar surface area (TPSA) is 59.8 Å². The monoisotopic (exact) mass is 403 g/mol. The van der Waals surface area contributed by atoms with Crippen molar-refractivity contribution >= 4 is 44.5 Å². The van der Waals surface area contributed by atoms with E-state index in [1.54, 1.807) is 27.7 Å². The molecular weight excluding hydrogens is 386 g/mol. The summed E-state index contributed by atoms with van der Waals surface area (Å²) in [6.07, 6.45) is 5.16. The zero-order chi connectivity index (χ0) is 20.9. The van der Waals surface area contributed by atoms with Crippen LogP contribution in [0.5, 0.6) is 0 Å². The first kappa shape index (κ1) is 17.5. The zero-order valence-electron chi connectivity index (χ0n) is 16.4. The zero-order valence-corrected chi connectivity index (χ0v) is 16.4. The molecule has 0 saturated carbocycles. The summed E-state index contributed by atoms with van der Waals surface area (Å²) in [4.78, 5) is 30.2. The normalized spacial score (nSPS) is 11.5. The SMILES string of the molecule is O=C(c1c[nH]c2ccccc12)c1cn(C(=O)n2ccc3ccccc32)c2ccccc12. The number of ketones is 1. The number of H-pyrrole nitrogens is 1. The van der Waals surface area contributed by atoms with Crippen LogP contribution < -0.4 is 0 Å². The van der Waals surface area contributed by atoms with Gasteiger partial charge in [0.15, 0.2) is 5.78 Å². The summed E-state index contributed by atoms with van der Waals surface area (Å²) in [5.41, 5.74) is 3.54. The molecule has 3 aromatic carbocycles. The van der Waals surface area contributed by atoms with Crippen LogP contribution in [-0.4, -0.2) is 25.9 Å². The number of rotatable bonds is 2. The van der Waals surface area contributed by atoms with Crippen LogP contribution in [0.3, 0.4) is 0 Å². The quantitative estimate of drug-likeness (QED) is 0.370. The molecule has 6 aromatic rings. The fourth-order valence-corrected chi connectivity index (χ4v) is 4.29. The molecule has 0 aliphatic heterocycles. The predicted molar refractivity (Wildman–Crippen MR) is 122 cm³/mol. The number of nitrogens with zero attached hydrogens (tertiary/aromatic N) is 2. The molecule has 148 valence electrons. The van der Waals surface area contributed by atoms with Crippen LogP contribution in [0.25, 0.3) is 32.7 Å². The number of benzene rings is 3. The highest BCUT2D eigenvalue weighted by molar-refractivity contribution is 6.22. The Labute approximate surface area is 177 Å². The molecule has 3 aromatic heterocycles. The minimum atomic E-state index is -0.227. The molecule has 1 N–H and O–H groups in total. The van der Waals surface area contributed by atoms with Gasteiger partial charge in [0.25, 0.3) is 0 Å². The third-order valence-electron chi connectivity index (χ3n) is 5.80. The summed E-state index contributed by atoms with van der Waals surface area (Å²) >= 11 is 0. The number of carbonyl (C=O) groups excluding carboxylic acids is 2. The maximum Gasteiger partial charge on any atom is 0.337 e. The average Bonchev–Trinajstić information content (AvgIpc) is 3.53. The summed E-state index contributed by atoms with van der Waals surface area (Å²) in [5, 5.41) is 2.61. The van der Waals surface area contributed by atoms with Crippen LogP contribution in [0.4, 0.5) is 4.79 Å². The highest BCUT2D eigenvalue weighted by atomic mass is 16.2. The Balaban J connectivity index is 1.53. The lowest BCUT2D eigenvalue weighted by Crippen LogP contribution is -2.17. The molecule has 0 amide bonds. The van der Waals surface area contributed by atoms with Gasteiger partial charge in [0.1, 0.15) is 0 Å². The van der Waals surface area contributed by atoms with E-state index in [1.807, 2.05) is 78.9 Å². The van der Waals surface area contributed by atoms with Crippen LogP contribution in [0.2, 0.25) is 0 Å². The highest BCUT2D eigenvalue weighted by Crippen LogP contribution is 2.28. The lowest BCUT2D eigenvalue weighted by atomic mass is 10.0. The Morgan fingerprint density at radius 1 is 0.677 bits per heavy atom. The van der Waals surface area contributed by atoms with E-state index in [0.29, 0.717) is 16.6 Å². The van der Waals surface area contributed by atoms with Gasteiger partial charge in [-0.2, -0.15) is 0 Å². The van der Waals surface area contributed by atoms with Gasteiger partial charge in [0.2, 0.25) is 0 Å². The summed E-state index contributed by atoms with van der Waals surface area (Å²) in [6.45, 7) is 0. The van der Waals surface area contributed by atoms with E-state index >= 15 is 0 Å². The Hall–Kier alpha value is -4.38. The van der Waals surface area contributed by atoms with E-state index < -0.39 is 0 Å². The highest BCUT2D eigenvalue weighted by Gasteiger charge is 2.22. The molecule has 0 aliphatic rings. The molecule has 31 heavy (non-hydrogen) atoms. The maximum atomic E-state index is 13.5. The molecule has 5 nitrogen and oxygen atoms in total. The van der Waals surface area contributed by atoms with E-state index in [-0.39, 0.29) is 11.8 Å². The van der Waals surface area contributed by atoms with Crippen LogP contribution in [0.15, 0.2) is 97.5 Å². The molecule has 0 saturated heterocycles. The van der Waals surface area contributed by atoms with Crippen LogP contribution in [0.1, 0.15) is 15.9 Å². The number of aromatic nitrogens is 3. The molecule has 6 rings (SSSR count). The van der Waals surface area contributed by atoms with Gasteiger partial charge in [0, 0.05) is 51.4 Å². The van der Waals surface area contributed by atoms with E-state index in [1.165, 1.54) is 0 Å². The Bertz CT molecular complexity index is 1510. The summed E-state index contributed by atoms with van der Waals surface area (Å²) in [6, 6.07) is 24.6. The number of hydrogen-bond donors (Lipinski definition) is 1. The minimum Gasteiger partial charge on any atom is -0.360 e. The third kappa shape index (κ3) is 2.57. The van der Waals surface area contributed by atoms with E-state index in [4.69, 9.17) is 0 Å². The molecule has 0 bridgehead atoms. The number of hydrogen-bond acceptors (Lipinski definition) is 2. The second kappa shape index (κ2) is 6.57. The van der Waals surface area contributed by atoms with E-state index in [0.717, 1.165) is 27.2 Å². The Kier molecular flexibility index (Phi) is 3.70. The van der Waals surface area contributed by atoms with Crippen molar-refractivity contribution in [1.29, 1.82) is 0 Å². The number of para-hydroxylation sites is 3. The molecule has 0 aliphatic carbocycles. The fraction of sp³-hybridized carbons (Fsp3) is 0. The lowest BCUT2D eigenvalue weighted by molar-refractivity contribution is 0.104. The first-order valence-corrected chi connectivity index (χ1v) is 10.0. The van der Waals surface area contributed by atoms with Gasteiger partial charge in [-0.15, -0.1) is 0 Å². The smallest absolute Gasteiger partial charge is 0.337 e. The first-order valence-electron chi connectivity index (χ1n) is 10.0. The van der Waals surface area contributed by atoms with Crippen LogP contribution >= 0.6 is 0 Å². The van der Waals surface area contributed by atoms with Gasteiger partial charge in [-0.1, -0.05) is 54.6 Å². The average molecular weight is 403 g/mol. The van der Waals surface area contributed by atoms with Crippen molar-refractivity contribution in [2.75, 3.05) is 0 Å². The van der Waals surface area contributed by atoms with Crippen LogP contribution in [0, 0.1) is 0 Å². The molecule has 0 unspecified atom stereocenters. The molecule has 0 radical (unpaired) electrons. The van der Waals surface area contributed by atoms with Gasteiger partial charge in [-0.3, -0.25) is 13.9 Å². The molecule has 0 spiro atoms. The number of carbonyl (C=O) groups is 2. The molecule has 3 heterocycles.